The second-order valence-electron chi connectivity index (χ2n) is 7.39. The molecular weight excluding hydrogens is 340 g/mol. The topological polar surface area (TPSA) is 65.7 Å². The molecule has 0 amide bonds. The summed E-state index contributed by atoms with van der Waals surface area (Å²) >= 11 is 0. The normalized spacial score (nSPS) is 18.9. The van der Waals surface area contributed by atoms with Crippen LogP contribution in [0, 0.1) is 13.8 Å². The summed E-state index contributed by atoms with van der Waals surface area (Å²) < 4.78 is 1.87. The average Bonchev–Trinajstić information content (AvgIpc) is 3.12. The summed E-state index contributed by atoms with van der Waals surface area (Å²) in [5.74, 6) is 2.91. The fourth-order valence-electron chi connectivity index (χ4n) is 4.10. The smallest absolute Gasteiger partial charge is 0.254 e. The third-order valence-corrected chi connectivity index (χ3v) is 5.84. The number of aryl methyl sites for hydroxylation is 1. The fourth-order valence-corrected chi connectivity index (χ4v) is 4.10. The Balaban J connectivity index is 1.25. The highest BCUT2D eigenvalue weighted by molar-refractivity contribution is 5.56. The van der Waals surface area contributed by atoms with Crippen molar-refractivity contribution in [2.24, 2.45) is 0 Å². The van der Waals surface area contributed by atoms with Crippen LogP contribution in [0.2, 0.25) is 0 Å². The molecule has 5 heterocycles. The molecule has 0 saturated carbocycles. The molecule has 8 nitrogen and oxygen atoms in total. The molecule has 0 N–H and O–H groups in total. The molecule has 8 heteroatoms. The van der Waals surface area contributed by atoms with E-state index in [0.29, 0.717) is 11.8 Å². The van der Waals surface area contributed by atoms with Crippen molar-refractivity contribution in [3.63, 3.8) is 0 Å². The van der Waals surface area contributed by atoms with Crippen molar-refractivity contribution in [1.82, 2.24) is 29.5 Å². The average molecular weight is 364 g/mol. The van der Waals surface area contributed by atoms with E-state index in [1.165, 1.54) is 5.56 Å². The lowest BCUT2D eigenvalue weighted by Gasteiger charge is -2.49. The zero-order valence-electron chi connectivity index (χ0n) is 15.8. The van der Waals surface area contributed by atoms with Gasteiger partial charge in [-0.25, -0.2) is 9.97 Å². The lowest BCUT2D eigenvalue weighted by atomic mass is 10.0. The van der Waals surface area contributed by atoms with Gasteiger partial charge in [0.25, 0.3) is 5.78 Å². The van der Waals surface area contributed by atoms with Crippen LogP contribution in [0.4, 0.5) is 11.6 Å². The molecule has 0 bridgehead atoms. The fraction of sp³-hybridized carbons (Fsp3) is 0.474. The van der Waals surface area contributed by atoms with E-state index in [-0.39, 0.29) is 0 Å². The molecule has 0 radical (unpaired) electrons. The molecule has 2 aliphatic rings. The Kier molecular flexibility index (Phi) is 3.93. The van der Waals surface area contributed by atoms with Crippen LogP contribution in [-0.4, -0.2) is 74.8 Å². The SMILES string of the molecule is Cc1nc2ncnn2c(N2CC(N3CCN(c4ccccn4)CC3)C2)c1C. The number of nitrogens with zero attached hydrogens (tertiary/aromatic N) is 8. The Hall–Kier alpha value is -2.74. The molecule has 2 saturated heterocycles. The van der Waals surface area contributed by atoms with Gasteiger partial charge in [0.05, 0.1) is 0 Å². The Morgan fingerprint density at radius 3 is 2.52 bits per heavy atom. The van der Waals surface area contributed by atoms with E-state index in [1.807, 2.05) is 23.7 Å². The van der Waals surface area contributed by atoms with Crippen molar-refractivity contribution in [1.29, 1.82) is 0 Å². The van der Waals surface area contributed by atoms with Crippen LogP contribution in [0.15, 0.2) is 30.7 Å². The molecule has 140 valence electrons. The van der Waals surface area contributed by atoms with E-state index in [2.05, 4.69) is 53.8 Å². The van der Waals surface area contributed by atoms with Crippen molar-refractivity contribution >= 4 is 17.4 Å². The van der Waals surface area contributed by atoms with Crippen molar-refractivity contribution in [3.8, 4) is 0 Å². The second kappa shape index (κ2) is 6.45. The molecule has 3 aromatic rings. The molecule has 0 spiro atoms. The quantitative estimate of drug-likeness (QED) is 0.691. The first-order valence-electron chi connectivity index (χ1n) is 9.52. The Morgan fingerprint density at radius 1 is 0.963 bits per heavy atom. The lowest BCUT2D eigenvalue weighted by molar-refractivity contribution is 0.156. The molecule has 2 aliphatic heterocycles. The van der Waals surface area contributed by atoms with Crippen LogP contribution in [0.25, 0.3) is 5.78 Å². The third kappa shape index (κ3) is 2.80. The van der Waals surface area contributed by atoms with Gasteiger partial charge in [-0.05, 0) is 26.0 Å². The zero-order valence-corrected chi connectivity index (χ0v) is 15.8. The van der Waals surface area contributed by atoms with E-state index in [1.54, 1.807) is 6.33 Å². The molecule has 3 aromatic heterocycles. The monoisotopic (exact) mass is 364 g/mol. The number of hydrogen-bond donors (Lipinski definition) is 0. The second-order valence-corrected chi connectivity index (χ2v) is 7.39. The molecule has 2 fully saturated rings. The minimum atomic E-state index is 0.599. The van der Waals surface area contributed by atoms with Crippen LogP contribution in [-0.2, 0) is 0 Å². The maximum atomic E-state index is 4.52. The van der Waals surface area contributed by atoms with Crippen molar-refractivity contribution < 1.29 is 0 Å². The largest absolute Gasteiger partial charge is 0.354 e. The molecule has 0 aliphatic carbocycles. The van der Waals surface area contributed by atoms with E-state index in [4.69, 9.17) is 0 Å². The van der Waals surface area contributed by atoms with Crippen molar-refractivity contribution in [3.05, 3.63) is 42.0 Å². The van der Waals surface area contributed by atoms with Gasteiger partial charge >= 0.3 is 0 Å². The summed E-state index contributed by atoms with van der Waals surface area (Å²) in [5.41, 5.74) is 2.21. The Labute approximate surface area is 158 Å². The first-order chi connectivity index (χ1) is 13.2. The molecule has 0 atom stereocenters. The van der Waals surface area contributed by atoms with Gasteiger partial charge in [0, 0.05) is 62.8 Å². The van der Waals surface area contributed by atoms with E-state index in [9.17, 15) is 0 Å². The standard InChI is InChI=1S/C19H24N8/c1-14-15(2)23-19-21-13-22-27(19)18(14)26-11-16(12-26)24-7-9-25(10-8-24)17-5-3-4-6-20-17/h3-6,13,16H,7-12H2,1-2H3. The number of anilines is 2. The van der Waals surface area contributed by atoms with Crippen molar-refractivity contribution in [2.75, 3.05) is 49.1 Å². The molecular formula is C19H24N8. The highest BCUT2D eigenvalue weighted by Gasteiger charge is 2.36. The summed E-state index contributed by atoms with van der Waals surface area (Å²) in [6.07, 6.45) is 3.45. The predicted molar refractivity (Wildman–Crippen MR) is 104 cm³/mol. The number of piperazine rings is 1. The highest BCUT2D eigenvalue weighted by atomic mass is 15.4. The van der Waals surface area contributed by atoms with Gasteiger partial charge in [-0.2, -0.15) is 14.6 Å². The molecule has 0 unspecified atom stereocenters. The minimum absolute atomic E-state index is 0.599. The molecule has 27 heavy (non-hydrogen) atoms. The van der Waals surface area contributed by atoms with Gasteiger partial charge in [-0.3, -0.25) is 4.90 Å². The predicted octanol–water partition coefficient (Wildman–Crippen LogP) is 1.15. The van der Waals surface area contributed by atoms with Gasteiger partial charge in [0.1, 0.15) is 18.0 Å². The van der Waals surface area contributed by atoms with Crippen molar-refractivity contribution in [2.45, 2.75) is 19.9 Å². The Bertz CT molecular complexity index is 939. The summed E-state index contributed by atoms with van der Waals surface area (Å²) in [6.45, 7) is 10.5. The number of rotatable bonds is 3. The zero-order chi connectivity index (χ0) is 18.4. The van der Waals surface area contributed by atoms with E-state index >= 15 is 0 Å². The number of aromatic nitrogens is 5. The van der Waals surface area contributed by atoms with E-state index in [0.717, 1.165) is 56.6 Å². The number of pyridine rings is 1. The van der Waals surface area contributed by atoms with Crippen LogP contribution < -0.4 is 9.80 Å². The number of fused-ring (bicyclic) bond motifs is 1. The molecule has 5 rings (SSSR count). The van der Waals surface area contributed by atoms with Gasteiger partial charge in [-0.15, -0.1) is 0 Å². The summed E-state index contributed by atoms with van der Waals surface area (Å²) in [7, 11) is 0. The summed E-state index contributed by atoms with van der Waals surface area (Å²) in [5, 5.41) is 4.38. The lowest BCUT2D eigenvalue weighted by Crippen LogP contribution is -2.63. The van der Waals surface area contributed by atoms with Crippen LogP contribution >= 0.6 is 0 Å². The maximum absolute atomic E-state index is 4.52. The van der Waals surface area contributed by atoms with Gasteiger partial charge in [-0.1, -0.05) is 6.07 Å². The summed E-state index contributed by atoms with van der Waals surface area (Å²) in [6, 6.07) is 6.72. The first-order valence-corrected chi connectivity index (χ1v) is 9.52. The highest BCUT2D eigenvalue weighted by Crippen LogP contribution is 2.29. The van der Waals surface area contributed by atoms with Gasteiger partial charge in [0.15, 0.2) is 0 Å². The molecule has 0 aromatic carbocycles. The first kappa shape index (κ1) is 16.4. The Morgan fingerprint density at radius 2 is 1.78 bits per heavy atom. The van der Waals surface area contributed by atoms with Gasteiger partial charge < -0.3 is 9.80 Å². The summed E-state index contributed by atoms with van der Waals surface area (Å²) in [4.78, 5) is 20.7. The van der Waals surface area contributed by atoms with Gasteiger partial charge in [0.2, 0.25) is 0 Å². The van der Waals surface area contributed by atoms with E-state index < -0.39 is 0 Å². The maximum Gasteiger partial charge on any atom is 0.254 e. The minimum Gasteiger partial charge on any atom is -0.354 e. The van der Waals surface area contributed by atoms with Crippen LogP contribution in [0.3, 0.4) is 0 Å². The third-order valence-electron chi connectivity index (χ3n) is 5.84. The number of hydrogen-bond acceptors (Lipinski definition) is 7. The van der Waals surface area contributed by atoms with Crippen LogP contribution in [0.5, 0.6) is 0 Å². The van der Waals surface area contributed by atoms with Crippen LogP contribution in [0.1, 0.15) is 11.3 Å².